The maximum atomic E-state index is 14.0. The summed E-state index contributed by atoms with van der Waals surface area (Å²) < 4.78 is 19.5. The fourth-order valence-corrected chi connectivity index (χ4v) is 2.13. The summed E-state index contributed by atoms with van der Waals surface area (Å²) in [6, 6.07) is 9.00. The van der Waals surface area contributed by atoms with Gasteiger partial charge in [-0.15, -0.1) is 0 Å². The van der Waals surface area contributed by atoms with Crippen molar-refractivity contribution in [2.75, 3.05) is 7.11 Å². The van der Waals surface area contributed by atoms with Gasteiger partial charge in [0.25, 0.3) is 0 Å². The van der Waals surface area contributed by atoms with Crippen molar-refractivity contribution in [2.24, 2.45) is 0 Å². The van der Waals surface area contributed by atoms with E-state index in [1.54, 1.807) is 18.2 Å². The summed E-state index contributed by atoms with van der Waals surface area (Å²) in [5, 5.41) is 9.18. The van der Waals surface area contributed by atoms with Gasteiger partial charge in [0.2, 0.25) is 0 Å². The highest BCUT2D eigenvalue weighted by molar-refractivity contribution is 9.10. The van der Waals surface area contributed by atoms with E-state index >= 15 is 0 Å². The maximum Gasteiger partial charge on any atom is 0.336 e. The molecule has 0 atom stereocenters. The van der Waals surface area contributed by atoms with E-state index in [-0.39, 0.29) is 11.1 Å². The number of halogens is 2. The molecule has 0 saturated carbocycles. The fraction of sp³-hybridized carbons (Fsp3) is 0.0714. The van der Waals surface area contributed by atoms with E-state index in [9.17, 15) is 14.3 Å². The first-order chi connectivity index (χ1) is 9.02. The van der Waals surface area contributed by atoms with Crippen LogP contribution in [-0.4, -0.2) is 18.2 Å². The highest BCUT2D eigenvalue weighted by atomic mass is 79.9. The van der Waals surface area contributed by atoms with Crippen molar-refractivity contribution >= 4 is 21.9 Å². The molecule has 1 N–H and O–H groups in total. The Morgan fingerprint density at radius 3 is 2.47 bits per heavy atom. The van der Waals surface area contributed by atoms with Crippen LogP contribution >= 0.6 is 15.9 Å². The Kier molecular flexibility index (Phi) is 3.85. The van der Waals surface area contributed by atoms with E-state index in [4.69, 9.17) is 4.74 Å². The van der Waals surface area contributed by atoms with Gasteiger partial charge in [-0.25, -0.2) is 9.18 Å². The minimum atomic E-state index is -1.11. The third-order valence-electron chi connectivity index (χ3n) is 2.68. The molecular weight excluding hydrogens is 315 g/mol. The minimum Gasteiger partial charge on any atom is -0.497 e. The summed E-state index contributed by atoms with van der Waals surface area (Å²) in [5.74, 6) is -1.24. The number of aromatic carboxylic acids is 1. The van der Waals surface area contributed by atoms with Crippen LogP contribution in [-0.2, 0) is 0 Å². The predicted molar refractivity (Wildman–Crippen MR) is 73.0 cm³/mol. The van der Waals surface area contributed by atoms with Gasteiger partial charge in [0.15, 0.2) is 0 Å². The number of hydrogen-bond acceptors (Lipinski definition) is 2. The molecule has 5 heteroatoms. The van der Waals surface area contributed by atoms with Crippen LogP contribution in [0.5, 0.6) is 5.75 Å². The molecule has 0 unspecified atom stereocenters. The molecule has 0 amide bonds. The number of rotatable bonds is 3. The molecule has 0 radical (unpaired) electrons. The van der Waals surface area contributed by atoms with Gasteiger partial charge < -0.3 is 9.84 Å². The molecule has 3 nitrogen and oxygen atoms in total. The van der Waals surface area contributed by atoms with Crippen molar-refractivity contribution in [3.63, 3.8) is 0 Å². The molecule has 0 aliphatic heterocycles. The van der Waals surface area contributed by atoms with Gasteiger partial charge in [-0.05, 0) is 29.8 Å². The number of carboxylic acids is 1. The van der Waals surface area contributed by atoms with Gasteiger partial charge in [-0.3, -0.25) is 0 Å². The number of hydrogen-bond donors (Lipinski definition) is 1. The highest BCUT2D eigenvalue weighted by Crippen LogP contribution is 2.30. The van der Waals surface area contributed by atoms with Crippen molar-refractivity contribution in [1.82, 2.24) is 0 Å². The number of ether oxygens (including phenoxy) is 1. The van der Waals surface area contributed by atoms with Crippen LogP contribution < -0.4 is 4.74 Å². The lowest BCUT2D eigenvalue weighted by Gasteiger charge is -2.09. The largest absolute Gasteiger partial charge is 0.497 e. The summed E-state index contributed by atoms with van der Waals surface area (Å²) in [7, 11) is 1.44. The second-order valence-corrected chi connectivity index (χ2v) is 4.76. The van der Waals surface area contributed by atoms with Gasteiger partial charge in [-0.1, -0.05) is 22.0 Å². The molecule has 0 heterocycles. The normalized spacial score (nSPS) is 10.3. The number of methoxy groups -OCH3 is 1. The summed E-state index contributed by atoms with van der Waals surface area (Å²) in [5.41, 5.74) is 0.597. The summed E-state index contributed by atoms with van der Waals surface area (Å²) in [4.78, 5) is 11.2. The fourth-order valence-electron chi connectivity index (χ4n) is 1.77. The lowest BCUT2D eigenvalue weighted by molar-refractivity contribution is 0.0697. The van der Waals surface area contributed by atoms with Crippen molar-refractivity contribution in [1.29, 1.82) is 0 Å². The van der Waals surface area contributed by atoms with Crippen molar-refractivity contribution < 1.29 is 19.0 Å². The van der Waals surface area contributed by atoms with Crippen molar-refractivity contribution in [3.8, 4) is 16.9 Å². The molecule has 0 aromatic heterocycles. The second-order valence-electron chi connectivity index (χ2n) is 3.84. The zero-order valence-corrected chi connectivity index (χ0v) is 11.6. The van der Waals surface area contributed by atoms with Crippen LogP contribution in [0.25, 0.3) is 11.1 Å². The Morgan fingerprint density at radius 2 is 1.89 bits per heavy atom. The Hall–Kier alpha value is -1.88. The zero-order valence-electron chi connectivity index (χ0n) is 9.98. The average Bonchev–Trinajstić information content (AvgIpc) is 2.39. The Bertz CT molecular complexity index is 641. The third-order valence-corrected chi connectivity index (χ3v) is 3.17. The molecule has 2 rings (SSSR count). The smallest absolute Gasteiger partial charge is 0.336 e. The average molecular weight is 325 g/mol. The quantitative estimate of drug-likeness (QED) is 0.929. The second kappa shape index (κ2) is 5.40. The summed E-state index contributed by atoms with van der Waals surface area (Å²) in [6.45, 7) is 0. The maximum absolute atomic E-state index is 14.0. The van der Waals surface area contributed by atoms with E-state index in [2.05, 4.69) is 15.9 Å². The molecule has 0 aliphatic rings. The van der Waals surface area contributed by atoms with Crippen molar-refractivity contribution in [2.45, 2.75) is 0 Å². The molecule has 0 spiro atoms. The van der Waals surface area contributed by atoms with Gasteiger partial charge in [0, 0.05) is 16.1 Å². The van der Waals surface area contributed by atoms with Gasteiger partial charge in [-0.2, -0.15) is 0 Å². The first kappa shape index (κ1) is 13.5. The minimum absolute atomic E-state index is 0.0402. The number of carboxylic acid groups (broad SMARTS) is 1. The molecule has 0 fully saturated rings. The van der Waals surface area contributed by atoms with E-state index in [1.807, 2.05) is 0 Å². The molecule has 98 valence electrons. The highest BCUT2D eigenvalue weighted by Gasteiger charge is 2.15. The molecular formula is C14H10BrFO3. The molecule has 19 heavy (non-hydrogen) atoms. The summed E-state index contributed by atoms with van der Waals surface area (Å²) >= 11 is 3.20. The third kappa shape index (κ3) is 2.76. The lowest BCUT2D eigenvalue weighted by Crippen LogP contribution is -2.00. The van der Waals surface area contributed by atoms with Gasteiger partial charge in [0.05, 0.1) is 12.7 Å². The van der Waals surface area contributed by atoms with E-state index in [0.29, 0.717) is 15.8 Å². The van der Waals surface area contributed by atoms with Gasteiger partial charge in [0.1, 0.15) is 11.6 Å². The molecule has 0 saturated heterocycles. The Labute approximate surface area is 117 Å². The van der Waals surface area contributed by atoms with Gasteiger partial charge >= 0.3 is 5.97 Å². The van der Waals surface area contributed by atoms with E-state index < -0.39 is 11.8 Å². The Balaban J connectivity index is 2.62. The lowest BCUT2D eigenvalue weighted by atomic mass is 9.99. The molecule has 0 aliphatic carbocycles. The van der Waals surface area contributed by atoms with Crippen molar-refractivity contribution in [3.05, 3.63) is 52.3 Å². The van der Waals surface area contributed by atoms with E-state index in [0.717, 1.165) is 0 Å². The topological polar surface area (TPSA) is 46.5 Å². The zero-order chi connectivity index (χ0) is 14.0. The van der Waals surface area contributed by atoms with Crippen LogP contribution in [0.4, 0.5) is 4.39 Å². The predicted octanol–water partition coefficient (Wildman–Crippen LogP) is 3.96. The first-order valence-electron chi connectivity index (χ1n) is 5.39. The standard InChI is InChI=1S/C14H10BrFO3/c1-19-9-3-5-11(13(16)7-9)10-4-2-8(15)6-12(10)14(17)18/h2-7H,1H3,(H,17,18). The molecule has 2 aromatic carbocycles. The Morgan fingerprint density at radius 1 is 1.21 bits per heavy atom. The van der Waals surface area contributed by atoms with Crippen LogP contribution in [0.1, 0.15) is 10.4 Å². The SMILES string of the molecule is COc1ccc(-c2ccc(Br)cc2C(=O)O)c(F)c1. The monoisotopic (exact) mass is 324 g/mol. The molecule has 0 bridgehead atoms. The van der Waals surface area contributed by atoms with Crippen LogP contribution in [0.2, 0.25) is 0 Å². The van der Waals surface area contributed by atoms with Crippen LogP contribution in [0, 0.1) is 5.82 Å². The van der Waals surface area contributed by atoms with E-state index in [1.165, 1.54) is 25.3 Å². The summed E-state index contributed by atoms with van der Waals surface area (Å²) in [6.07, 6.45) is 0. The number of carbonyl (C=O) groups is 1. The first-order valence-corrected chi connectivity index (χ1v) is 6.19. The number of benzene rings is 2. The molecule has 2 aromatic rings. The van der Waals surface area contributed by atoms with Crippen LogP contribution in [0.3, 0.4) is 0 Å². The van der Waals surface area contributed by atoms with Crippen LogP contribution in [0.15, 0.2) is 40.9 Å².